The number of pyridine rings is 1. The van der Waals surface area contributed by atoms with E-state index in [4.69, 9.17) is 9.47 Å². The van der Waals surface area contributed by atoms with Crippen LogP contribution >= 0.6 is 0 Å². The monoisotopic (exact) mass is 445 g/mol. The molecule has 1 spiro atoms. The van der Waals surface area contributed by atoms with Gasteiger partial charge in [-0.15, -0.1) is 0 Å². The Morgan fingerprint density at radius 2 is 1.85 bits per heavy atom. The van der Waals surface area contributed by atoms with Gasteiger partial charge in [-0.1, -0.05) is 12.8 Å². The topological polar surface area (TPSA) is 73.1 Å². The molecule has 170 valence electrons. The number of aryl methyl sites for hydroxylation is 1. The van der Waals surface area contributed by atoms with Gasteiger partial charge in [-0.05, 0) is 67.6 Å². The van der Waals surface area contributed by atoms with Gasteiger partial charge in [0.2, 0.25) is 0 Å². The van der Waals surface area contributed by atoms with Crippen molar-refractivity contribution in [2.45, 2.75) is 51.0 Å². The van der Waals surface area contributed by atoms with Crippen molar-refractivity contribution in [3.05, 3.63) is 69.3 Å². The van der Waals surface area contributed by atoms with E-state index in [1.54, 1.807) is 6.20 Å². The highest BCUT2D eigenvalue weighted by atomic mass is 16.6. The van der Waals surface area contributed by atoms with Crippen LogP contribution in [0.2, 0.25) is 0 Å². The second-order valence-corrected chi connectivity index (χ2v) is 9.59. The summed E-state index contributed by atoms with van der Waals surface area (Å²) in [7, 11) is 0. The molecule has 1 saturated carbocycles. The standard InChI is InChI=1S/C26H27N3O4/c1-16-5-8-28-23(11-16)27-14-19(24(28)30)25(31)29-15-26(6-3-4-7-26)20-13-22-21(32-9-10-33-22)12-18(20)17(29)2/h5,8,11-14,17H,3-4,6-7,9-10,15H2,1-2H3. The Kier molecular flexibility index (Phi) is 4.50. The highest BCUT2D eigenvalue weighted by Crippen LogP contribution is 2.52. The summed E-state index contributed by atoms with van der Waals surface area (Å²) >= 11 is 0. The van der Waals surface area contributed by atoms with Gasteiger partial charge in [0, 0.05) is 24.4 Å². The summed E-state index contributed by atoms with van der Waals surface area (Å²) in [6, 6.07) is 7.69. The highest BCUT2D eigenvalue weighted by Gasteiger charge is 2.46. The summed E-state index contributed by atoms with van der Waals surface area (Å²) in [6.45, 7) is 5.65. The lowest BCUT2D eigenvalue weighted by atomic mass is 9.71. The van der Waals surface area contributed by atoms with Crippen molar-refractivity contribution in [1.29, 1.82) is 0 Å². The Morgan fingerprint density at radius 1 is 1.12 bits per heavy atom. The van der Waals surface area contributed by atoms with Gasteiger partial charge in [0.25, 0.3) is 11.5 Å². The van der Waals surface area contributed by atoms with Gasteiger partial charge in [-0.2, -0.15) is 0 Å². The van der Waals surface area contributed by atoms with Gasteiger partial charge < -0.3 is 14.4 Å². The minimum Gasteiger partial charge on any atom is -0.486 e. The van der Waals surface area contributed by atoms with Gasteiger partial charge in [0.15, 0.2) is 11.5 Å². The van der Waals surface area contributed by atoms with Crippen molar-refractivity contribution in [2.24, 2.45) is 0 Å². The first-order chi connectivity index (χ1) is 16.0. The Morgan fingerprint density at radius 3 is 2.61 bits per heavy atom. The number of aromatic nitrogens is 2. The van der Waals surface area contributed by atoms with E-state index < -0.39 is 0 Å². The molecule has 0 N–H and O–H groups in total. The maximum atomic E-state index is 13.8. The third kappa shape index (κ3) is 3.05. The van der Waals surface area contributed by atoms with E-state index in [0.29, 0.717) is 25.4 Å². The Hall–Kier alpha value is -3.35. The fourth-order valence-electron chi connectivity index (χ4n) is 5.83. The van der Waals surface area contributed by atoms with Gasteiger partial charge in [0.05, 0.1) is 6.04 Å². The molecule has 0 radical (unpaired) electrons. The zero-order valence-electron chi connectivity index (χ0n) is 19.0. The van der Waals surface area contributed by atoms with E-state index in [0.717, 1.165) is 48.3 Å². The van der Waals surface area contributed by atoms with E-state index in [1.807, 2.05) is 36.9 Å². The first-order valence-corrected chi connectivity index (χ1v) is 11.7. The Bertz CT molecular complexity index is 1340. The molecule has 0 saturated heterocycles. The molecule has 6 rings (SSSR count). The lowest BCUT2D eigenvalue weighted by molar-refractivity contribution is 0.0590. The molecule has 2 aromatic heterocycles. The number of rotatable bonds is 1. The van der Waals surface area contributed by atoms with Crippen molar-refractivity contribution in [2.75, 3.05) is 19.8 Å². The molecule has 3 aromatic rings. The maximum absolute atomic E-state index is 13.8. The van der Waals surface area contributed by atoms with Crippen LogP contribution in [0.15, 0.2) is 41.5 Å². The summed E-state index contributed by atoms with van der Waals surface area (Å²) in [5.41, 5.74) is 3.58. The molecule has 1 aromatic carbocycles. The predicted molar refractivity (Wildman–Crippen MR) is 123 cm³/mol. The summed E-state index contributed by atoms with van der Waals surface area (Å²) in [6.07, 6.45) is 7.42. The van der Waals surface area contributed by atoms with Gasteiger partial charge in [0.1, 0.15) is 24.4 Å². The molecule has 33 heavy (non-hydrogen) atoms. The van der Waals surface area contributed by atoms with Gasteiger partial charge in [-0.3, -0.25) is 14.0 Å². The van der Waals surface area contributed by atoms with E-state index in [2.05, 4.69) is 11.1 Å². The zero-order valence-corrected chi connectivity index (χ0v) is 19.0. The molecule has 7 nitrogen and oxygen atoms in total. The largest absolute Gasteiger partial charge is 0.486 e. The minimum atomic E-state index is -0.328. The van der Waals surface area contributed by atoms with E-state index >= 15 is 0 Å². The second-order valence-electron chi connectivity index (χ2n) is 9.59. The third-order valence-corrected chi connectivity index (χ3v) is 7.59. The molecule has 3 aliphatic rings. The minimum absolute atomic E-state index is 0.109. The van der Waals surface area contributed by atoms with Crippen LogP contribution in [0.1, 0.15) is 65.7 Å². The second kappa shape index (κ2) is 7.33. The van der Waals surface area contributed by atoms with Crippen LogP contribution in [0.4, 0.5) is 0 Å². The molecule has 1 aliphatic carbocycles. The first kappa shape index (κ1) is 20.3. The van der Waals surface area contributed by atoms with Crippen LogP contribution in [-0.2, 0) is 5.41 Å². The predicted octanol–water partition coefficient (Wildman–Crippen LogP) is 3.80. The van der Waals surface area contributed by atoms with Crippen LogP contribution in [-0.4, -0.2) is 40.0 Å². The number of carbonyl (C=O) groups is 1. The molecule has 0 bridgehead atoms. The van der Waals surface area contributed by atoms with Gasteiger partial charge >= 0.3 is 0 Å². The van der Waals surface area contributed by atoms with E-state index in [1.165, 1.54) is 16.2 Å². The van der Waals surface area contributed by atoms with Crippen LogP contribution < -0.4 is 15.0 Å². The van der Waals surface area contributed by atoms with Crippen molar-refractivity contribution < 1.29 is 14.3 Å². The first-order valence-electron chi connectivity index (χ1n) is 11.7. The quantitative estimate of drug-likeness (QED) is 0.570. The van der Waals surface area contributed by atoms with Crippen LogP contribution in [0.5, 0.6) is 11.5 Å². The average Bonchev–Trinajstić information content (AvgIpc) is 3.29. The van der Waals surface area contributed by atoms with Crippen molar-refractivity contribution in [3.63, 3.8) is 0 Å². The number of carbonyl (C=O) groups excluding carboxylic acids is 1. The molecule has 1 amide bonds. The van der Waals surface area contributed by atoms with Crippen LogP contribution in [0, 0.1) is 6.92 Å². The molecule has 7 heteroatoms. The molecule has 1 atom stereocenters. The molecule has 1 unspecified atom stereocenters. The van der Waals surface area contributed by atoms with Gasteiger partial charge in [-0.25, -0.2) is 4.98 Å². The maximum Gasteiger partial charge on any atom is 0.270 e. The number of nitrogens with zero attached hydrogens (tertiary/aromatic N) is 3. The molecular formula is C26H27N3O4. The number of ether oxygens (including phenoxy) is 2. The summed E-state index contributed by atoms with van der Waals surface area (Å²) in [5, 5.41) is 0. The molecule has 4 heterocycles. The third-order valence-electron chi connectivity index (χ3n) is 7.59. The van der Waals surface area contributed by atoms with Crippen molar-refractivity contribution in [3.8, 4) is 11.5 Å². The van der Waals surface area contributed by atoms with E-state index in [-0.39, 0.29) is 28.5 Å². The SMILES string of the molecule is Cc1ccn2c(=O)c(C(=O)N3CC4(CCCC4)c4cc5c(cc4C3C)OCCO5)cnc2c1. The van der Waals surface area contributed by atoms with Crippen molar-refractivity contribution >= 4 is 11.6 Å². The van der Waals surface area contributed by atoms with E-state index in [9.17, 15) is 9.59 Å². The number of benzene rings is 1. The average molecular weight is 446 g/mol. The number of amides is 1. The Balaban J connectivity index is 1.46. The number of fused-ring (bicyclic) bond motifs is 4. The van der Waals surface area contributed by atoms with Crippen LogP contribution in [0.25, 0.3) is 5.65 Å². The number of hydrogen-bond acceptors (Lipinski definition) is 5. The molecular weight excluding hydrogens is 418 g/mol. The normalized spacial score (nSPS) is 20.8. The summed E-state index contributed by atoms with van der Waals surface area (Å²) < 4.78 is 13.2. The molecule has 2 aliphatic heterocycles. The Labute approximate surface area is 192 Å². The summed E-state index contributed by atoms with van der Waals surface area (Å²) in [5.74, 6) is 1.27. The lowest BCUT2D eigenvalue weighted by Gasteiger charge is -2.46. The van der Waals surface area contributed by atoms with Crippen molar-refractivity contribution in [1.82, 2.24) is 14.3 Å². The fourth-order valence-corrected chi connectivity index (χ4v) is 5.83. The smallest absolute Gasteiger partial charge is 0.270 e. The van der Waals surface area contributed by atoms with Crippen LogP contribution in [0.3, 0.4) is 0 Å². The highest BCUT2D eigenvalue weighted by molar-refractivity contribution is 5.94. The fraction of sp³-hybridized carbons (Fsp3) is 0.423. The lowest BCUT2D eigenvalue weighted by Crippen LogP contribution is -2.49. The summed E-state index contributed by atoms with van der Waals surface area (Å²) in [4.78, 5) is 33.3. The zero-order chi connectivity index (χ0) is 22.7. The molecule has 1 fully saturated rings. The number of hydrogen-bond donors (Lipinski definition) is 0.